The average molecular weight is 417 g/mol. The number of hydrogen-bond acceptors (Lipinski definition) is 2. The first-order chi connectivity index (χ1) is 15.1. The topological polar surface area (TPSA) is 60.0 Å². The number of rotatable bonds is 5. The van der Waals surface area contributed by atoms with Crippen molar-refractivity contribution in [2.45, 2.75) is 38.6 Å². The molecule has 0 amide bonds. The van der Waals surface area contributed by atoms with Gasteiger partial charge in [-0.1, -0.05) is 12.1 Å². The van der Waals surface area contributed by atoms with E-state index in [1.165, 1.54) is 11.6 Å². The van der Waals surface area contributed by atoms with E-state index in [4.69, 9.17) is 0 Å². The van der Waals surface area contributed by atoms with Crippen LogP contribution in [0.25, 0.3) is 16.6 Å². The number of carbonyl (C=O) groups is 1. The predicted molar refractivity (Wildman–Crippen MR) is 117 cm³/mol. The number of aromatic nitrogens is 3. The summed E-state index contributed by atoms with van der Waals surface area (Å²) < 4.78 is 18.3. The first kappa shape index (κ1) is 19.5. The molecule has 2 aromatic carbocycles. The van der Waals surface area contributed by atoms with E-state index in [2.05, 4.69) is 33.8 Å². The molecule has 1 unspecified atom stereocenters. The quantitative estimate of drug-likeness (QED) is 0.466. The van der Waals surface area contributed by atoms with Crippen molar-refractivity contribution in [3.05, 3.63) is 83.8 Å². The zero-order chi connectivity index (χ0) is 21.4. The lowest BCUT2D eigenvalue weighted by molar-refractivity contribution is -0.138. The number of fused-ring (bicyclic) bond motifs is 3. The molecule has 1 atom stereocenters. The van der Waals surface area contributed by atoms with Crippen LogP contribution in [0.15, 0.2) is 61.2 Å². The van der Waals surface area contributed by atoms with E-state index in [0.29, 0.717) is 13.0 Å². The highest BCUT2D eigenvalue weighted by Crippen LogP contribution is 2.35. The number of nitrogens with zero attached hydrogens (tertiary/aromatic N) is 3. The fourth-order valence-corrected chi connectivity index (χ4v) is 4.87. The zero-order valence-corrected chi connectivity index (χ0v) is 17.2. The molecule has 0 spiro atoms. The summed E-state index contributed by atoms with van der Waals surface area (Å²) in [6.45, 7) is 0.668. The van der Waals surface area contributed by atoms with Crippen LogP contribution in [0, 0.1) is 11.7 Å². The molecule has 0 bridgehead atoms. The van der Waals surface area contributed by atoms with Crippen LogP contribution in [0.5, 0.6) is 0 Å². The fraction of sp³-hybridized carbons (Fsp3) is 0.280. The number of benzene rings is 2. The second kappa shape index (κ2) is 8.02. The predicted octanol–water partition coefficient (Wildman–Crippen LogP) is 4.98. The lowest BCUT2D eigenvalue weighted by Gasteiger charge is -2.16. The van der Waals surface area contributed by atoms with Crippen molar-refractivity contribution in [1.82, 2.24) is 14.1 Å². The van der Waals surface area contributed by atoms with E-state index in [1.807, 2.05) is 16.8 Å². The molecule has 6 heteroatoms. The molecule has 158 valence electrons. The van der Waals surface area contributed by atoms with Crippen molar-refractivity contribution >= 4 is 16.9 Å². The Kier molecular flexibility index (Phi) is 5.06. The summed E-state index contributed by atoms with van der Waals surface area (Å²) in [5, 5.41) is 10.3. The summed E-state index contributed by atoms with van der Waals surface area (Å²) >= 11 is 0. The number of halogens is 1. The molecule has 31 heavy (non-hydrogen) atoms. The number of hydrogen-bond donors (Lipinski definition) is 1. The van der Waals surface area contributed by atoms with Gasteiger partial charge in [0.2, 0.25) is 0 Å². The van der Waals surface area contributed by atoms with Gasteiger partial charge < -0.3 is 14.2 Å². The van der Waals surface area contributed by atoms with Crippen LogP contribution in [0.2, 0.25) is 0 Å². The van der Waals surface area contributed by atoms with Crippen molar-refractivity contribution in [1.29, 1.82) is 0 Å². The first-order valence-corrected chi connectivity index (χ1v) is 10.7. The molecule has 2 heterocycles. The summed E-state index contributed by atoms with van der Waals surface area (Å²) in [4.78, 5) is 15.4. The lowest BCUT2D eigenvalue weighted by Crippen LogP contribution is -2.13. The van der Waals surface area contributed by atoms with Crippen LogP contribution >= 0.6 is 0 Å². The first-order valence-electron chi connectivity index (χ1n) is 10.7. The van der Waals surface area contributed by atoms with E-state index in [9.17, 15) is 14.3 Å². The van der Waals surface area contributed by atoms with Gasteiger partial charge in [0.25, 0.3) is 0 Å². The molecule has 1 N–H and O–H groups in total. The van der Waals surface area contributed by atoms with Gasteiger partial charge in [0.05, 0.1) is 6.33 Å². The minimum atomic E-state index is -0.753. The Labute approximate surface area is 179 Å². The van der Waals surface area contributed by atoms with Gasteiger partial charge in [-0.2, -0.15) is 0 Å². The number of carboxylic acids is 1. The third-order valence-electron chi connectivity index (χ3n) is 6.31. The van der Waals surface area contributed by atoms with E-state index in [-0.39, 0.29) is 18.2 Å². The van der Waals surface area contributed by atoms with Crippen LogP contribution in [0.4, 0.5) is 4.39 Å². The van der Waals surface area contributed by atoms with Gasteiger partial charge in [-0.25, -0.2) is 9.37 Å². The molecule has 4 aromatic rings. The molecule has 0 saturated carbocycles. The minimum Gasteiger partial charge on any atom is -0.481 e. The SMILES string of the molecule is O=C(O)CC1CCCc2c(n(Cc3ccc(-n4ccnc4)cc3)c3ccc(F)cc23)C1. The average Bonchev–Trinajstić information content (AvgIpc) is 3.31. The maximum absolute atomic E-state index is 14.1. The fourth-order valence-electron chi connectivity index (χ4n) is 4.87. The Morgan fingerprint density at radius 2 is 2.03 bits per heavy atom. The van der Waals surface area contributed by atoms with Crippen LogP contribution < -0.4 is 0 Å². The Morgan fingerprint density at radius 1 is 1.19 bits per heavy atom. The van der Waals surface area contributed by atoms with Crippen LogP contribution in [-0.4, -0.2) is 25.2 Å². The van der Waals surface area contributed by atoms with Crippen molar-refractivity contribution in [2.75, 3.05) is 0 Å². The largest absolute Gasteiger partial charge is 0.481 e. The van der Waals surface area contributed by atoms with E-state index in [1.54, 1.807) is 18.6 Å². The number of aryl methyl sites for hydroxylation is 1. The highest BCUT2D eigenvalue weighted by atomic mass is 19.1. The molecule has 0 fully saturated rings. The summed E-state index contributed by atoms with van der Waals surface area (Å²) in [6, 6.07) is 13.3. The van der Waals surface area contributed by atoms with Gasteiger partial charge in [0.1, 0.15) is 5.82 Å². The van der Waals surface area contributed by atoms with Gasteiger partial charge in [-0.15, -0.1) is 0 Å². The van der Waals surface area contributed by atoms with E-state index >= 15 is 0 Å². The van der Waals surface area contributed by atoms with Crippen LogP contribution in [0.1, 0.15) is 36.1 Å². The highest BCUT2D eigenvalue weighted by Gasteiger charge is 2.25. The Morgan fingerprint density at radius 3 is 2.77 bits per heavy atom. The van der Waals surface area contributed by atoms with Crippen molar-refractivity contribution in [3.8, 4) is 5.69 Å². The molecule has 0 saturated heterocycles. The van der Waals surface area contributed by atoms with Crippen molar-refractivity contribution in [3.63, 3.8) is 0 Å². The molecule has 5 rings (SSSR count). The molecule has 1 aliphatic carbocycles. The van der Waals surface area contributed by atoms with E-state index in [0.717, 1.165) is 47.1 Å². The standard InChI is InChI=1S/C25H24FN3O2/c26-19-6-9-23-22(14-19)21-3-1-2-18(13-25(30)31)12-24(21)29(23)15-17-4-7-20(8-5-17)28-11-10-27-16-28/h4-11,14,16,18H,1-3,12-13,15H2,(H,30,31). The molecule has 2 aromatic heterocycles. The van der Waals surface area contributed by atoms with Gasteiger partial charge in [0, 0.05) is 47.6 Å². The van der Waals surface area contributed by atoms with Gasteiger partial charge >= 0.3 is 5.97 Å². The molecular weight excluding hydrogens is 393 g/mol. The monoisotopic (exact) mass is 417 g/mol. The second-order valence-electron chi connectivity index (χ2n) is 8.37. The van der Waals surface area contributed by atoms with Crippen molar-refractivity contribution < 1.29 is 14.3 Å². The number of carboxylic acid groups (broad SMARTS) is 1. The molecule has 5 nitrogen and oxygen atoms in total. The normalized spacial score (nSPS) is 16.2. The Hall–Kier alpha value is -3.41. The minimum absolute atomic E-state index is 0.107. The molecular formula is C25H24FN3O2. The third kappa shape index (κ3) is 3.85. The summed E-state index contributed by atoms with van der Waals surface area (Å²) in [7, 11) is 0. The maximum atomic E-state index is 14.1. The highest BCUT2D eigenvalue weighted by molar-refractivity contribution is 5.86. The molecule has 0 aliphatic heterocycles. The Bertz CT molecular complexity index is 1230. The van der Waals surface area contributed by atoms with E-state index < -0.39 is 5.97 Å². The van der Waals surface area contributed by atoms with Gasteiger partial charge in [-0.05, 0) is 73.1 Å². The summed E-state index contributed by atoms with van der Waals surface area (Å²) in [5.41, 5.74) is 5.54. The number of aliphatic carboxylic acids is 1. The van der Waals surface area contributed by atoms with Gasteiger partial charge in [0.15, 0.2) is 0 Å². The lowest BCUT2D eigenvalue weighted by atomic mass is 9.96. The molecule has 0 radical (unpaired) electrons. The second-order valence-corrected chi connectivity index (χ2v) is 8.37. The molecule has 1 aliphatic rings. The Balaban J connectivity index is 1.54. The zero-order valence-electron chi connectivity index (χ0n) is 17.2. The van der Waals surface area contributed by atoms with Crippen LogP contribution in [0.3, 0.4) is 0 Å². The maximum Gasteiger partial charge on any atom is 0.303 e. The van der Waals surface area contributed by atoms with Crippen LogP contribution in [-0.2, 0) is 24.2 Å². The number of imidazole rings is 1. The summed E-state index contributed by atoms with van der Waals surface area (Å²) in [6.07, 6.45) is 8.99. The summed E-state index contributed by atoms with van der Waals surface area (Å²) in [5.74, 6) is -0.879. The van der Waals surface area contributed by atoms with Crippen molar-refractivity contribution in [2.24, 2.45) is 5.92 Å². The van der Waals surface area contributed by atoms with Gasteiger partial charge in [-0.3, -0.25) is 4.79 Å². The smallest absolute Gasteiger partial charge is 0.303 e. The third-order valence-corrected chi connectivity index (χ3v) is 6.31.